The van der Waals surface area contributed by atoms with Crippen molar-refractivity contribution in [3.63, 3.8) is 0 Å². The summed E-state index contributed by atoms with van der Waals surface area (Å²) in [7, 11) is -4.91. The molecule has 162 valence electrons. The number of hydrogen-bond donors (Lipinski definition) is 0. The zero-order chi connectivity index (χ0) is 22.7. The monoisotopic (exact) mass is 451 g/mol. The van der Waals surface area contributed by atoms with Gasteiger partial charge < -0.3 is 9.08 Å². The van der Waals surface area contributed by atoms with E-state index in [-0.39, 0.29) is 20.4 Å². The lowest BCUT2D eigenvalue weighted by molar-refractivity contribution is -0.117. The quantitative estimate of drug-likeness (QED) is 0.449. The minimum Gasteiger partial charge on any atom is -0.382 e. The zero-order valence-corrected chi connectivity index (χ0v) is 19.1. The molecule has 0 saturated heterocycles. The standard InChI is InChI=1S/C21H25NO6S2/c1-15(2)21(23)20(14-22(4)5)29(24,25)18-12-8-17(9-13-18)28-30(26,27)19-10-6-16(3)7-11-19/h6-15H,1-5H3. The van der Waals surface area contributed by atoms with Gasteiger partial charge in [-0.25, -0.2) is 8.42 Å². The van der Waals surface area contributed by atoms with Crippen LogP contribution in [-0.2, 0) is 24.7 Å². The van der Waals surface area contributed by atoms with E-state index in [0.29, 0.717) is 0 Å². The molecule has 0 heterocycles. The van der Waals surface area contributed by atoms with Crippen LogP contribution in [0.2, 0.25) is 0 Å². The number of allylic oxidation sites excluding steroid dienone is 1. The van der Waals surface area contributed by atoms with Crippen LogP contribution in [0.25, 0.3) is 0 Å². The van der Waals surface area contributed by atoms with E-state index in [1.807, 2.05) is 6.92 Å². The molecule has 2 aromatic carbocycles. The van der Waals surface area contributed by atoms with Crippen molar-refractivity contribution in [2.75, 3.05) is 14.1 Å². The van der Waals surface area contributed by atoms with Crippen LogP contribution in [0.5, 0.6) is 5.75 Å². The molecule has 0 amide bonds. The maximum atomic E-state index is 13.0. The fourth-order valence-corrected chi connectivity index (χ4v) is 4.99. The molecule has 7 nitrogen and oxygen atoms in total. The lowest BCUT2D eigenvalue weighted by atomic mass is 10.1. The first-order chi connectivity index (χ1) is 13.8. The zero-order valence-electron chi connectivity index (χ0n) is 17.5. The molecular formula is C21H25NO6S2. The molecule has 0 aliphatic carbocycles. The lowest BCUT2D eigenvalue weighted by Crippen LogP contribution is -2.21. The van der Waals surface area contributed by atoms with E-state index >= 15 is 0 Å². The Hall–Kier alpha value is -2.65. The van der Waals surface area contributed by atoms with Crippen molar-refractivity contribution in [3.05, 3.63) is 65.2 Å². The van der Waals surface area contributed by atoms with E-state index in [1.165, 1.54) is 47.5 Å². The molecule has 30 heavy (non-hydrogen) atoms. The molecule has 0 fully saturated rings. The number of rotatable bonds is 8. The molecule has 2 aromatic rings. The summed E-state index contributed by atoms with van der Waals surface area (Å²) >= 11 is 0. The van der Waals surface area contributed by atoms with Gasteiger partial charge in [-0.3, -0.25) is 4.79 Å². The normalized spacial score (nSPS) is 12.7. The summed E-state index contributed by atoms with van der Waals surface area (Å²) in [4.78, 5) is 13.5. The number of hydrogen-bond acceptors (Lipinski definition) is 7. The number of Topliss-reactive ketones (excluding diaryl/α,β-unsaturated/α-hetero) is 1. The van der Waals surface area contributed by atoms with E-state index in [2.05, 4.69) is 0 Å². The number of sulfone groups is 1. The fourth-order valence-electron chi connectivity index (χ4n) is 2.47. The highest BCUT2D eigenvalue weighted by atomic mass is 32.2. The smallest absolute Gasteiger partial charge is 0.339 e. The van der Waals surface area contributed by atoms with Gasteiger partial charge >= 0.3 is 10.1 Å². The molecule has 9 heteroatoms. The van der Waals surface area contributed by atoms with Crippen molar-refractivity contribution in [3.8, 4) is 5.75 Å². The largest absolute Gasteiger partial charge is 0.382 e. The van der Waals surface area contributed by atoms with Gasteiger partial charge in [-0.1, -0.05) is 31.5 Å². The maximum absolute atomic E-state index is 13.0. The SMILES string of the molecule is Cc1ccc(S(=O)(=O)Oc2ccc(S(=O)(=O)C(=CN(C)C)C(=O)C(C)C)cc2)cc1. The summed E-state index contributed by atoms with van der Waals surface area (Å²) in [6.07, 6.45) is 1.27. The summed E-state index contributed by atoms with van der Waals surface area (Å²) in [6, 6.07) is 11.1. The number of aryl methyl sites for hydroxylation is 1. The first kappa shape index (κ1) is 23.6. The Bertz CT molecular complexity index is 1140. The van der Waals surface area contributed by atoms with Crippen LogP contribution in [0, 0.1) is 12.8 Å². The van der Waals surface area contributed by atoms with Crippen molar-refractivity contribution < 1.29 is 25.8 Å². The van der Waals surface area contributed by atoms with Gasteiger partial charge in [0.15, 0.2) is 5.78 Å². The van der Waals surface area contributed by atoms with Crippen molar-refractivity contribution >= 4 is 25.7 Å². The Labute approximate surface area is 178 Å². The number of carbonyl (C=O) groups is 1. The Morgan fingerprint density at radius 2 is 1.40 bits per heavy atom. The third-order valence-corrected chi connectivity index (χ3v) is 7.12. The van der Waals surface area contributed by atoms with Crippen molar-refractivity contribution in [2.24, 2.45) is 5.92 Å². The number of nitrogens with zero attached hydrogens (tertiary/aromatic N) is 1. The van der Waals surface area contributed by atoms with E-state index in [9.17, 15) is 21.6 Å². The minimum absolute atomic E-state index is 0.0106. The van der Waals surface area contributed by atoms with Gasteiger partial charge in [-0.15, -0.1) is 0 Å². The van der Waals surface area contributed by atoms with E-state index in [1.54, 1.807) is 40.1 Å². The van der Waals surface area contributed by atoms with Crippen LogP contribution in [0.3, 0.4) is 0 Å². The van der Waals surface area contributed by atoms with E-state index in [0.717, 1.165) is 5.56 Å². The average Bonchev–Trinajstić information content (AvgIpc) is 2.65. The average molecular weight is 452 g/mol. The topological polar surface area (TPSA) is 97.8 Å². The van der Waals surface area contributed by atoms with E-state index in [4.69, 9.17) is 4.18 Å². The Balaban J connectivity index is 2.35. The Morgan fingerprint density at radius 1 is 0.900 bits per heavy atom. The molecule has 0 spiro atoms. The van der Waals surface area contributed by atoms with Crippen LogP contribution in [0.15, 0.2) is 69.4 Å². The predicted molar refractivity (Wildman–Crippen MR) is 114 cm³/mol. The lowest BCUT2D eigenvalue weighted by Gasteiger charge is -2.14. The maximum Gasteiger partial charge on any atom is 0.339 e. The molecule has 0 radical (unpaired) electrons. The Morgan fingerprint density at radius 3 is 1.87 bits per heavy atom. The summed E-state index contributed by atoms with van der Waals surface area (Å²) in [5, 5.41) is 0. The van der Waals surface area contributed by atoms with Gasteiger partial charge in [0, 0.05) is 26.2 Å². The van der Waals surface area contributed by atoms with E-state index < -0.39 is 31.7 Å². The second-order valence-corrected chi connectivity index (χ2v) is 10.8. The molecule has 0 bridgehead atoms. The van der Waals surface area contributed by atoms with Gasteiger partial charge in [0.25, 0.3) is 0 Å². The second-order valence-electron chi connectivity index (χ2n) is 7.30. The van der Waals surface area contributed by atoms with Gasteiger partial charge in [0.05, 0.1) is 4.90 Å². The van der Waals surface area contributed by atoms with Gasteiger partial charge in [0.2, 0.25) is 9.84 Å². The van der Waals surface area contributed by atoms with Crippen molar-refractivity contribution in [2.45, 2.75) is 30.6 Å². The van der Waals surface area contributed by atoms with Crippen LogP contribution in [0.4, 0.5) is 0 Å². The van der Waals surface area contributed by atoms with Gasteiger partial charge in [0.1, 0.15) is 15.6 Å². The molecule has 2 rings (SSSR count). The molecule has 0 atom stereocenters. The third kappa shape index (κ3) is 5.48. The molecule has 0 aliphatic rings. The highest BCUT2D eigenvalue weighted by Gasteiger charge is 2.29. The fraction of sp³-hybridized carbons (Fsp3) is 0.286. The number of ketones is 1. The molecule has 0 N–H and O–H groups in total. The first-order valence-electron chi connectivity index (χ1n) is 9.13. The second kappa shape index (κ2) is 9.01. The van der Waals surface area contributed by atoms with Crippen LogP contribution in [-0.4, -0.2) is 41.6 Å². The molecule has 0 unspecified atom stereocenters. The van der Waals surface area contributed by atoms with Gasteiger partial charge in [-0.05, 0) is 43.3 Å². The summed E-state index contributed by atoms with van der Waals surface area (Å²) < 4.78 is 55.8. The molecule has 0 saturated carbocycles. The molecule has 0 aliphatic heterocycles. The molecular weight excluding hydrogens is 426 g/mol. The highest BCUT2D eigenvalue weighted by Crippen LogP contribution is 2.26. The third-order valence-electron chi connectivity index (χ3n) is 4.08. The van der Waals surface area contributed by atoms with Crippen LogP contribution < -0.4 is 4.18 Å². The molecule has 0 aromatic heterocycles. The minimum atomic E-state index is -4.09. The first-order valence-corrected chi connectivity index (χ1v) is 12.0. The van der Waals surface area contributed by atoms with Crippen molar-refractivity contribution in [1.29, 1.82) is 0 Å². The Kier molecular flexibility index (Phi) is 7.10. The van der Waals surface area contributed by atoms with Crippen LogP contribution >= 0.6 is 0 Å². The van der Waals surface area contributed by atoms with Crippen molar-refractivity contribution in [1.82, 2.24) is 4.90 Å². The van der Waals surface area contributed by atoms with Gasteiger partial charge in [-0.2, -0.15) is 8.42 Å². The van der Waals surface area contributed by atoms with Crippen LogP contribution in [0.1, 0.15) is 19.4 Å². The summed E-state index contributed by atoms with van der Waals surface area (Å²) in [5.74, 6) is -1.05. The predicted octanol–water partition coefficient (Wildman–Crippen LogP) is 3.16. The number of carbonyl (C=O) groups excluding carboxylic acids is 1. The number of benzene rings is 2. The summed E-state index contributed by atoms with van der Waals surface area (Å²) in [5.41, 5.74) is 0.904. The highest BCUT2D eigenvalue weighted by molar-refractivity contribution is 7.96. The summed E-state index contributed by atoms with van der Waals surface area (Å²) in [6.45, 7) is 5.07.